The van der Waals surface area contributed by atoms with E-state index in [1.165, 1.54) is 31.7 Å². The van der Waals surface area contributed by atoms with Crippen LogP contribution < -0.4 is 10.1 Å². The van der Waals surface area contributed by atoms with Crippen LogP contribution in [-0.4, -0.2) is 54.2 Å². The van der Waals surface area contributed by atoms with Gasteiger partial charge in [0.05, 0.1) is 6.54 Å². The number of halogens is 1. The molecule has 2 fully saturated rings. The van der Waals surface area contributed by atoms with Crippen LogP contribution in [0.2, 0.25) is 0 Å². The van der Waals surface area contributed by atoms with Crippen LogP contribution in [0.4, 0.5) is 4.39 Å². The van der Waals surface area contributed by atoms with Crippen LogP contribution in [0.5, 0.6) is 5.75 Å². The van der Waals surface area contributed by atoms with E-state index in [9.17, 15) is 9.18 Å². The third-order valence-corrected chi connectivity index (χ3v) is 5.55. The standard InChI is InChI=1S/C20H29FN2O2.CH2O2/c21-17-9-3-4-10-18(17)25-16-13-22-19(24)20(11-5-1-6-12-20)23-14-7-2-8-15-23;2-1-3/h3-4,9-10H,1-2,5-8,11-16H2,(H,22,24);1H,(H,2,3). The summed E-state index contributed by atoms with van der Waals surface area (Å²) in [4.78, 5) is 23.8. The fraction of sp³-hybridized carbons (Fsp3) is 0.619. The molecule has 0 aromatic heterocycles. The van der Waals surface area contributed by atoms with Crippen LogP contribution in [-0.2, 0) is 9.59 Å². The number of ether oxygens (including phenoxy) is 1. The Morgan fingerprint density at radius 2 is 1.75 bits per heavy atom. The third-order valence-electron chi connectivity index (χ3n) is 5.55. The second kappa shape index (κ2) is 11.6. The van der Waals surface area contributed by atoms with Gasteiger partial charge in [-0.05, 0) is 50.9 Å². The van der Waals surface area contributed by atoms with Gasteiger partial charge in [0.1, 0.15) is 12.1 Å². The number of nitrogens with zero attached hydrogens (tertiary/aromatic N) is 1. The highest BCUT2D eigenvalue weighted by atomic mass is 19.1. The van der Waals surface area contributed by atoms with Gasteiger partial charge in [0.15, 0.2) is 11.6 Å². The highest BCUT2D eigenvalue weighted by molar-refractivity contribution is 5.86. The highest BCUT2D eigenvalue weighted by Gasteiger charge is 2.44. The van der Waals surface area contributed by atoms with Crippen molar-refractivity contribution in [3.05, 3.63) is 30.1 Å². The minimum absolute atomic E-state index is 0.131. The summed E-state index contributed by atoms with van der Waals surface area (Å²) < 4.78 is 19.0. The number of para-hydroxylation sites is 1. The molecule has 28 heavy (non-hydrogen) atoms. The summed E-state index contributed by atoms with van der Waals surface area (Å²) in [7, 11) is 0. The fourth-order valence-electron chi connectivity index (χ4n) is 4.20. The predicted octanol–water partition coefficient (Wildman–Crippen LogP) is 3.21. The topological polar surface area (TPSA) is 78.9 Å². The Bertz CT molecular complexity index is 614. The molecular formula is C21H31FN2O4. The van der Waals surface area contributed by atoms with Crippen molar-refractivity contribution in [2.45, 2.75) is 56.9 Å². The Kier molecular flexibility index (Phi) is 9.20. The first-order valence-corrected chi connectivity index (χ1v) is 10.1. The van der Waals surface area contributed by atoms with Gasteiger partial charge in [-0.25, -0.2) is 4.39 Å². The number of amides is 1. The van der Waals surface area contributed by atoms with Gasteiger partial charge >= 0.3 is 0 Å². The van der Waals surface area contributed by atoms with Gasteiger partial charge in [-0.2, -0.15) is 0 Å². The summed E-state index contributed by atoms with van der Waals surface area (Å²) in [6.07, 6.45) is 9.01. The molecule has 1 heterocycles. The molecule has 0 unspecified atom stereocenters. The molecular weight excluding hydrogens is 363 g/mol. The molecule has 7 heteroatoms. The van der Waals surface area contributed by atoms with Crippen LogP contribution in [0.15, 0.2) is 24.3 Å². The lowest BCUT2D eigenvalue weighted by molar-refractivity contribution is -0.137. The Labute approximate surface area is 166 Å². The quantitative estimate of drug-likeness (QED) is 0.572. The summed E-state index contributed by atoms with van der Waals surface area (Å²) in [6.45, 7) is 2.49. The molecule has 0 bridgehead atoms. The van der Waals surface area contributed by atoms with E-state index in [2.05, 4.69) is 10.2 Å². The van der Waals surface area contributed by atoms with Gasteiger partial charge in [-0.3, -0.25) is 14.5 Å². The number of piperidine rings is 1. The molecule has 0 radical (unpaired) electrons. The van der Waals surface area contributed by atoms with E-state index in [4.69, 9.17) is 14.6 Å². The van der Waals surface area contributed by atoms with Crippen molar-refractivity contribution in [2.75, 3.05) is 26.2 Å². The van der Waals surface area contributed by atoms with Crippen molar-refractivity contribution in [2.24, 2.45) is 0 Å². The molecule has 2 N–H and O–H groups in total. The Morgan fingerprint density at radius 1 is 1.14 bits per heavy atom. The maximum atomic E-state index is 13.6. The van der Waals surface area contributed by atoms with Crippen molar-refractivity contribution in [1.82, 2.24) is 10.2 Å². The minimum atomic E-state index is -0.370. The lowest BCUT2D eigenvalue weighted by atomic mass is 9.78. The Balaban J connectivity index is 0.000000878. The van der Waals surface area contributed by atoms with Gasteiger partial charge < -0.3 is 15.2 Å². The largest absolute Gasteiger partial charge is 0.489 e. The van der Waals surface area contributed by atoms with Crippen molar-refractivity contribution in [3.8, 4) is 5.75 Å². The Morgan fingerprint density at radius 3 is 2.39 bits per heavy atom. The van der Waals surface area contributed by atoms with E-state index in [0.717, 1.165) is 38.8 Å². The number of likely N-dealkylation sites (tertiary alicyclic amines) is 1. The van der Waals surface area contributed by atoms with Crippen LogP contribution >= 0.6 is 0 Å². The van der Waals surface area contributed by atoms with Crippen molar-refractivity contribution < 1.29 is 23.8 Å². The van der Waals surface area contributed by atoms with Gasteiger partial charge in [0.25, 0.3) is 6.47 Å². The normalized spacial score (nSPS) is 19.0. The van der Waals surface area contributed by atoms with Gasteiger partial charge in [-0.15, -0.1) is 0 Å². The predicted molar refractivity (Wildman–Crippen MR) is 105 cm³/mol. The van der Waals surface area contributed by atoms with E-state index >= 15 is 0 Å². The zero-order valence-corrected chi connectivity index (χ0v) is 16.4. The molecule has 1 amide bonds. The second-order valence-corrected chi connectivity index (χ2v) is 7.28. The molecule has 1 saturated heterocycles. The van der Waals surface area contributed by atoms with E-state index in [0.29, 0.717) is 6.54 Å². The number of nitrogens with one attached hydrogen (secondary N) is 1. The van der Waals surface area contributed by atoms with Crippen LogP contribution in [0.25, 0.3) is 0 Å². The highest BCUT2D eigenvalue weighted by Crippen LogP contribution is 2.35. The van der Waals surface area contributed by atoms with Gasteiger partial charge in [0.2, 0.25) is 5.91 Å². The van der Waals surface area contributed by atoms with Crippen LogP contribution in [0.3, 0.4) is 0 Å². The van der Waals surface area contributed by atoms with E-state index < -0.39 is 0 Å². The van der Waals surface area contributed by atoms with Crippen LogP contribution in [0.1, 0.15) is 51.4 Å². The van der Waals surface area contributed by atoms with Crippen LogP contribution in [0, 0.1) is 5.82 Å². The molecule has 6 nitrogen and oxygen atoms in total. The summed E-state index contributed by atoms with van der Waals surface area (Å²) in [6, 6.07) is 6.36. The molecule has 3 rings (SSSR count). The third kappa shape index (κ3) is 5.92. The average Bonchev–Trinajstić information content (AvgIpc) is 2.74. The van der Waals surface area contributed by atoms with Gasteiger partial charge in [0, 0.05) is 0 Å². The van der Waals surface area contributed by atoms with Crippen molar-refractivity contribution in [3.63, 3.8) is 0 Å². The van der Waals surface area contributed by atoms with Crippen molar-refractivity contribution in [1.29, 1.82) is 0 Å². The monoisotopic (exact) mass is 394 g/mol. The molecule has 0 spiro atoms. The lowest BCUT2D eigenvalue weighted by Crippen LogP contribution is -2.61. The summed E-state index contributed by atoms with van der Waals surface area (Å²) in [5.41, 5.74) is -0.337. The number of carboxylic acid groups (broad SMARTS) is 1. The molecule has 2 aliphatic rings. The minimum Gasteiger partial charge on any atom is -0.489 e. The number of carbonyl (C=O) groups excluding carboxylic acids is 1. The van der Waals surface area contributed by atoms with E-state index in [-0.39, 0.29) is 36.1 Å². The number of hydrogen-bond donors (Lipinski definition) is 2. The summed E-state index contributed by atoms with van der Waals surface area (Å²) in [5.74, 6) is -0.00251. The van der Waals surface area contributed by atoms with Gasteiger partial charge in [-0.1, -0.05) is 37.8 Å². The first kappa shape index (κ1) is 22.1. The average molecular weight is 394 g/mol. The first-order chi connectivity index (χ1) is 13.6. The molecule has 1 aliphatic carbocycles. The SMILES string of the molecule is O=C(NCCOc1ccccc1F)C1(N2CCCCC2)CCCCC1.O=CO. The first-order valence-electron chi connectivity index (χ1n) is 10.1. The number of carbonyl (C=O) groups is 2. The number of hydrogen-bond acceptors (Lipinski definition) is 4. The zero-order valence-electron chi connectivity index (χ0n) is 16.4. The lowest BCUT2D eigenvalue weighted by Gasteiger charge is -2.46. The molecule has 1 aliphatic heterocycles. The smallest absolute Gasteiger partial charge is 0.290 e. The van der Waals surface area contributed by atoms with Crippen molar-refractivity contribution >= 4 is 12.4 Å². The number of benzene rings is 1. The summed E-state index contributed by atoms with van der Waals surface area (Å²) in [5, 5.41) is 9.94. The molecule has 156 valence electrons. The molecule has 1 aromatic rings. The maximum absolute atomic E-state index is 13.6. The second-order valence-electron chi connectivity index (χ2n) is 7.28. The van der Waals surface area contributed by atoms with E-state index in [1.54, 1.807) is 18.2 Å². The summed E-state index contributed by atoms with van der Waals surface area (Å²) >= 11 is 0. The fourth-order valence-corrected chi connectivity index (χ4v) is 4.20. The Hall–Kier alpha value is -2.15. The number of rotatable bonds is 6. The van der Waals surface area contributed by atoms with E-state index in [1.807, 2.05) is 0 Å². The maximum Gasteiger partial charge on any atom is 0.290 e. The molecule has 1 aromatic carbocycles. The molecule has 0 atom stereocenters. The zero-order chi connectivity index (χ0) is 20.2. The molecule has 1 saturated carbocycles.